The van der Waals surface area contributed by atoms with Crippen molar-refractivity contribution in [1.82, 2.24) is 15.2 Å². The number of carbonyl (C=O) groups excluding carboxylic acids is 1. The maximum absolute atomic E-state index is 12.4. The summed E-state index contributed by atoms with van der Waals surface area (Å²) in [7, 11) is 3.98. The van der Waals surface area contributed by atoms with Gasteiger partial charge in [-0.2, -0.15) is 0 Å². The van der Waals surface area contributed by atoms with Crippen LogP contribution in [0.1, 0.15) is 34.1 Å². The van der Waals surface area contributed by atoms with Gasteiger partial charge in [0.25, 0.3) is 5.91 Å². The first kappa shape index (κ1) is 16.9. The van der Waals surface area contributed by atoms with Crippen molar-refractivity contribution in [2.75, 3.05) is 32.5 Å². The van der Waals surface area contributed by atoms with Crippen molar-refractivity contribution < 1.29 is 4.79 Å². The van der Waals surface area contributed by atoms with E-state index in [9.17, 15) is 4.79 Å². The molecule has 0 unspecified atom stereocenters. The van der Waals surface area contributed by atoms with Crippen molar-refractivity contribution in [3.05, 3.63) is 47.0 Å². The van der Waals surface area contributed by atoms with Gasteiger partial charge in [0.15, 0.2) is 5.13 Å². The van der Waals surface area contributed by atoms with Crippen molar-refractivity contribution in [2.24, 2.45) is 5.92 Å². The maximum atomic E-state index is 12.4. The van der Waals surface area contributed by atoms with Gasteiger partial charge in [0.1, 0.15) is 4.88 Å². The molecule has 0 saturated carbocycles. The minimum Gasteiger partial charge on any atom is -0.365 e. The Kier molecular flexibility index (Phi) is 5.48. The van der Waals surface area contributed by atoms with Gasteiger partial charge < -0.3 is 10.6 Å². The summed E-state index contributed by atoms with van der Waals surface area (Å²) in [6.45, 7) is 1.79. The number of nitrogens with one attached hydrogen (secondary N) is 2. The number of rotatable bonds is 5. The molecule has 0 spiro atoms. The van der Waals surface area contributed by atoms with Gasteiger partial charge in [0.05, 0.1) is 6.20 Å². The lowest BCUT2D eigenvalue weighted by atomic mass is 9.85. The number of aromatic nitrogens is 1. The van der Waals surface area contributed by atoms with Gasteiger partial charge >= 0.3 is 0 Å². The number of piperidine rings is 1. The molecule has 1 saturated heterocycles. The molecule has 2 atom stereocenters. The highest BCUT2D eigenvalue weighted by atomic mass is 32.1. The monoisotopic (exact) mass is 344 g/mol. The summed E-state index contributed by atoms with van der Waals surface area (Å²) in [5.74, 6) is 0.390. The first-order valence-corrected chi connectivity index (χ1v) is 9.17. The van der Waals surface area contributed by atoms with Crippen molar-refractivity contribution in [1.29, 1.82) is 0 Å². The highest BCUT2D eigenvalue weighted by Gasteiger charge is 2.30. The summed E-state index contributed by atoms with van der Waals surface area (Å²) in [6.07, 6.45) is 3.94. The van der Waals surface area contributed by atoms with Gasteiger partial charge in [-0.3, -0.25) is 9.69 Å². The Morgan fingerprint density at radius 2 is 2.17 bits per heavy atom. The number of carbonyl (C=O) groups is 1. The van der Waals surface area contributed by atoms with Gasteiger partial charge in [-0.1, -0.05) is 41.7 Å². The molecule has 2 aromatic rings. The van der Waals surface area contributed by atoms with E-state index in [4.69, 9.17) is 0 Å². The molecular weight excluding hydrogens is 320 g/mol. The van der Waals surface area contributed by atoms with Crippen LogP contribution in [0.15, 0.2) is 36.5 Å². The molecule has 5 nitrogen and oxygen atoms in total. The number of hydrogen-bond acceptors (Lipinski definition) is 5. The quantitative estimate of drug-likeness (QED) is 0.875. The van der Waals surface area contributed by atoms with E-state index in [-0.39, 0.29) is 5.91 Å². The molecule has 1 aliphatic rings. The van der Waals surface area contributed by atoms with E-state index in [2.05, 4.69) is 51.8 Å². The first-order chi connectivity index (χ1) is 11.7. The molecule has 6 heteroatoms. The van der Waals surface area contributed by atoms with E-state index in [1.54, 1.807) is 6.20 Å². The molecule has 0 aliphatic carbocycles. The third-order valence-corrected chi connectivity index (χ3v) is 5.63. The van der Waals surface area contributed by atoms with Gasteiger partial charge in [0, 0.05) is 19.6 Å². The lowest BCUT2D eigenvalue weighted by Gasteiger charge is -2.39. The molecule has 1 aromatic heterocycles. The fourth-order valence-corrected chi connectivity index (χ4v) is 4.14. The maximum Gasteiger partial charge on any atom is 0.263 e. The second-order valence-corrected chi connectivity index (χ2v) is 7.26. The highest BCUT2D eigenvalue weighted by molar-refractivity contribution is 7.17. The van der Waals surface area contributed by atoms with Crippen LogP contribution < -0.4 is 10.6 Å². The Morgan fingerprint density at radius 3 is 2.88 bits per heavy atom. The predicted octanol–water partition coefficient (Wildman–Crippen LogP) is 3.00. The fraction of sp³-hybridized carbons (Fsp3) is 0.444. The molecule has 1 aliphatic heterocycles. The Bertz CT molecular complexity index is 673. The molecule has 1 fully saturated rings. The molecule has 24 heavy (non-hydrogen) atoms. The second-order valence-electron chi connectivity index (χ2n) is 6.23. The van der Waals surface area contributed by atoms with Crippen LogP contribution in [0.25, 0.3) is 0 Å². The van der Waals surface area contributed by atoms with Crippen LogP contribution in [0.3, 0.4) is 0 Å². The Balaban J connectivity index is 1.67. The number of thiazole rings is 1. The smallest absolute Gasteiger partial charge is 0.263 e. The zero-order chi connectivity index (χ0) is 16.9. The number of anilines is 1. The number of nitrogens with zero attached hydrogens (tertiary/aromatic N) is 2. The van der Waals surface area contributed by atoms with E-state index in [0.29, 0.717) is 23.4 Å². The topological polar surface area (TPSA) is 57.3 Å². The Hall–Kier alpha value is -1.92. The number of likely N-dealkylation sites (tertiary alicyclic amines) is 1. The first-order valence-electron chi connectivity index (χ1n) is 8.36. The van der Waals surface area contributed by atoms with Gasteiger partial charge in [-0.15, -0.1) is 0 Å². The van der Waals surface area contributed by atoms with Crippen LogP contribution >= 0.6 is 11.3 Å². The van der Waals surface area contributed by atoms with Crippen LogP contribution in [0.4, 0.5) is 5.13 Å². The van der Waals surface area contributed by atoms with Crippen LogP contribution in [0.2, 0.25) is 0 Å². The van der Waals surface area contributed by atoms with Crippen LogP contribution in [0.5, 0.6) is 0 Å². The zero-order valence-corrected chi connectivity index (χ0v) is 15.0. The second kappa shape index (κ2) is 7.77. The van der Waals surface area contributed by atoms with Crippen molar-refractivity contribution >= 4 is 22.4 Å². The van der Waals surface area contributed by atoms with Crippen LogP contribution in [-0.2, 0) is 0 Å². The molecule has 0 radical (unpaired) electrons. The Labute approximate surface area is 147 Å². The minimum absolute atomic E-state index is 0.0333. The molecule has 1 amide bonds. The number of benzene rings is 1. The standard InChI is InChI=1S/C18H24N4OS/c1-19-18-21-12-15(24-18)17(23)20-11-14-9-6-10-22(2)16(14)13-7-4-3-5-8-13/h3-5,7-8,12,14,16H,6,9-11H2,1-2H3,(H,19,21)(H,20,23)/t14-,16+/m1/s1. The van der Waals surface area contributed by atoms with E-state index in [1.807, 2.05) is 13.1 Å². The molecule has 0 bridgehead atoms. The summed E-state index contributed by atoms with van der Waals surface area (Å²) in [6, 6.07) is 10.9. The summed E-state index contributed by atoms with van der Waals surface area (Å²) in [4.78, 5) is 19.6. The lowest BCUT2D eigenvalue weighted by Crippen LogP contribution is -2.41. The molecular formula is C18H24N4OS. The third kappa shape index (κ3) is 3.76. The molecule has 3 rings (SSSR count). The largest absolute Gasteiger partial charge is 0.365 e. The van der Waals surface area contributed by atoms with E-state index >= 15 is 0 Å². The number of amides is 1. The predicted molar refractivity (Wildman–Crippen MR) is 98.5 cm³/mol. The van der Waals surface area contributed by atoms with Crippen molar-refractivity contribution in [3.63, 3.8) is 0 Å². The van der Waals surface area contributed by atoms with Gasteiger partial charge in [-0.25, -0.2) is 4.98 Å². The van der Waals surface area contributed by atoms with E-state index < -0.39 is 0 Å². The molecule has 2 N–H and O–H groups in total. The summed E-state index contributed by atoms with van der Waals surface area (Å²) in [5, 5.41) is 6.83. The van der Waals surface area contributed by atoms with Gasteiger partial charge in [0.2, 0.25) is 0 Å². The molecule has 2 heterocycles. The highest BCUT2D eigenvalue weighted by Crippen LogP contribution is 2.34. The number of hydrogen-bond donors (Lipinski definition) is 2. The van der Waals surface area contributed by atoms with Crippen LogP contribution in [-0.4, -0.2) is 43.0 Å². The normalized spacial score (nSPS) is 21.4. The average molecular weight is 344 g/mol. The van der Waals surface area contributed by atoms with E-state index in [0.717, 1.165) is 18.1 Å². The summed E-state index contributed by atoms with van der Waals surface area (Å²) in [5.41, 5.74) is 1.33. The van der Waals surface area contributed by atoms with Gasteiger partial charge in [-0.05, 0) is 37.9 Å². The Morgan fingerprint density at radius 1 is 1.38 bits per heavy atom. The summed E-state index contributed by atoms with van der Waals surface area (Å²) < 4.78 is 0. The average Bonchev–Trinajstić information content (AvgIpc) is 3.10. The molecule has 128 valence electrons. The zero-order valence-electron chi connectivity index (χ0n) is 14.2. The van der Waals surface area contributed by atoms with E-state index in [1.165, 1.54) is 23.3 Å². The minimum atomic E-state index is -0.0333. The third-order valence-electron chi connectivity index (χ3n) is 4.62. The lowest BCUT2D eigenvalue weighted by molar-refractivity contribution is 0.0895. The fourth-order valence-electron chi connectivity index (χ4n) is 3.46. The van der Waals surface area contributed by atoms with Crippen molar-refractivity contribution in [2.45, 2.75) is 18.9 Å². The SMILES string of the molecule is CNc1ncc(C(=O)NC[C@H]2CCCN(C)[C@H]2c2ccccc2)s1. The van der Waals surface area contributed by atoms with Crippen LogP contribution in [0, 0.1) is 5.92 Å². The molecule has 1 aromatic carbocycles. The summed E-state index contributed by atoms with van der Waals surface area (Å²) >= 11 is 1.38. The van der Waals surface area contributed by atoms with Crippen molar-refractivity contribution in [3.8, 4) is 0 Å².